The first-order valence-electron chi connectivity index (χ1n) is 16.8. The zero-order valence-electron chi connectivity index (χ0n) is 26.3. The molecule has 49 heavy (non-hydrogen) atoms. The highest BCUT2D eigenvalue weighted by Gasteiger charge is 2.26. The number of hydrogen-bond donors (Lipinski definition) is 0. The number of hydrogen-bond acceptors (Lipinski definition) is 1. The molecule has 0 aliphatic heterocycles. The molecule has 7 aromatic carbocycles. The van der Waals surface area contributed by atoms with E-state index >= 15 is 0 Å². The van der Waals surface area contributed by atoms with Crippen molar-refractivity contribution in [1.82, 2.24) is 18.5 Å². The quantitative estimate of drug-likeness (QED) is 0.188. The molecule has 0 amide bonds. The Bertz CT molecular complexity index is 3320. The third-order valence-corrected chi connectivity index (χ3v) is 10.8. The summed E-state index contributed by atoms with van der Waals surface area (Å²) in [5.41, 5.74) is 9.51. The van der Waals surface area contributed by atoms with Crippen LogP contribution in [-0.4, -0.2) is 18.5 Å². The monoisotopic (exact) mass is 622 g/mol. The van der Waals surface area contributed by atoms with Gasteiger partial charge < -0.3 is 8.97 Å². The molecular formula is C45H26N4. The largest absolute Gasteiger partial charge is 0.308 e. The molecule has 5 heterocycles. The summed E-state index contributed by atoms with van der Waals surface area (Å²) in [4.78, 5) is 5.30. The summed E-state index contributed by atoms with van der Waals surface area (Å²) < 4.78 is 7.25. The molecule has 0 radical (unpaired) electrons. The van der Waals surface area contributed by atoms with Gasteiger partial charge in [-0.15, -0.1) is 0 Å². The molecule has 12 aromatic rings. The van der Waals surface area contributed by atoms with E-state index < -0.39 is 0 Å². The fraction of sp³-hybridized carbons (Fsp3) is 0. The Balaban J connectivity index is 1.31. The molecule has 0 fully saturated rings. The highest BCUT2D eigenvalue weighted by Crippen LogP contribution is 2.48. The van der Waals surface area contributed by atoms with Crippen molar-refractivity contribution in [3.05, 3.63) is 158 Å². The zero-order valence-corrected chi connectivity index (χ0v) is 26.3. The molecule has 12 rings (SSSR count). The van der Waals surface area contributed by atoms with Gasteiger partial charge in [-0.3, -0.25) is 4.57 Å². The Kier molecular flexibility index (Phi) is 4.69. The average Bonchev–Trinajstić information content (AvgIpc) is 3.89. The lowest BCUT2D eigenvalue weighted by molar-refractivity contribution is 1.08. The number of rotatable bonds is 2. The van der Waals surface area contributed by atoms with Crippen LogP contribution in [0.25, 0.3) is 104 Å². The molecule has 5 aromatic heterocycles. The van der Waals surface area contributed by atoms with Crippen molar-refractivity contribution in [2.75, 3.05) is 0 Å². The minimum absolute atomic E-state index is 0.918. The fourth-order valence-corrected chi connectivity index (χ4v) is 8.84. The Morgan fingerprint density at radius 3 is 1.78 bits per heavy atom. The van der Waals surface area contributed by atoms with Crippen LogP contribution in [0.2, 0.25) is 0 Å². The summed E-state index contributed by atoms with van der Waals surface area (Å²) >= 11 is 0. The first kappa shape index (κ1) is 25.4. The van der Waals surface area contributed by atoms with Gasteiger partial charge in [-0.2, -0.15) is 0 Å². The van der Waals surface area contributed by atoms with Crippen molar-refractivity contribution in [1.29, 1.82) is 0 Å². The van der Waals surface area contributed by atoms with Crippen LogP contribution in [0, 0.1) is 0 Å². The molecule has 0 atom stereocenters. The Morgan fingerprint density at radius 2 is 0.980 bits per heavy atom. The van der Waals surface area contributed by atoms with Crippen molar-refractivity contribution >= 4 is 92.5 Å². The van der Waals surface area contributed by atoms with E-state index in [0.717, 1.165) is 22.5 Å². The number of nitrogens with zero attached hydrogens (tertiary/aromatic N) is 4. The summed E-state index contributed by atoms with van der Waals surface area (Å²) in [5, 5.41) is 12.5. The van der Waals surface area contributed by atoms with E-state index in [-0.39, 0.29) is 0 Å². The Labute approximate surface area is 279 Å². The predicted molar refractivity (Wildman–Crippen MR) is 205 cm³/mol. The van der Waals surface area contributed by atoms with Crippen LogP contribution in [0.5, 0.6) is 0 Å². The molecule has 0 bridgehead atoms. The number of aromatic nitrogens is 4. The summed E-state index contributed by atoms with van der Waals surface area (Å²) in [6.07, 6.45) is 2.07. The Morgan fingerprint density at radius 1 is 0.367 bits per heavy atom. The van der Waals surface area contributed by atoms with Crippen LogP contribution in [0.4, 0.5) is 0 Å². The average molecular weight is 623 g/mol. The number of benzene rings is 7. The number of fused-ring (bicyclic) bond motifs is 15. The van der Waals surface area contributed by atoms with Gasteiger partial charge in [-0.05, 0) is 59.3 Å². The molecule has 0 saturated carbocycles. The Hall–Kier alpha value is -6.65. The summed E-state index contributed by atoms with van der Waals surface area (Å²) in [6.45, 7) is 0. The highest BCUT2D eigenvalue weighted by molar-refractivity contribution is 6.37. The summed E-state index contributed by atoms with van der Waals surface area (Å²) in [5.74, 6) is 0.918. The van der Waals surface area contributed by atoms with Gasteiger partial charge in [0.25, 0.3) is 0 Å². The summed E-state index contributed by atoms with van der Waals surface area (Å²) in [7, 11) is 0. The molecule has 0 spiro atoms. The van der Waals surface area contributed by atoms with Crippen LogP contribution in [0.1, 0.15) is 0 Å². The van der Waals surface area contributed by atoms with Crippen LogP contribution in [0.3, 0.4) is 0 Å². The van der Waals surface area contributed by atoms with E-state index in [1.54, 1.807) is 0 Å². The lowest BCUT2D eigenvalue weighted by Gasteiger charge is -2.10. The molecule has 0 aliphatic rings. The number of para-hydroxylation sites is 4. The molecule has 0 unspecified atom stereocenters. The van der Waals surface area contributed by atoms with Gasteiger partial charge in [0.05, 0.1) is 44.8 Å². The fourth-order valence-electron chi connectivity index (χ4n) is 8.84. The minimum Gasteiger partial charge on any atom is -0.308 e. The lowest BCUT2D eigenvalue weighted by Crippen LogP contribution is -1.99. The van der Waals surface area contributed by atoms with Crippen LogP contribution < -0.4 is 0 Å². The minimum atomic E-state index is 0.918. The van der Waals surface area contributed by atoms with Crippen molar-refractivity contribution in [3.63, 3.8) is 0 Å². The zero-order chi connectivity index (χ0) is 31.8. The number of pyridine rings is 1. The maximum absolute atomic E-state index is 5.30. The molecule has 4 heteroatoms. The highest BCUT2D eigenvalue weighted by atomic mass is 15.1. The molecule has 0 saturated heterocycles. The van der Waals surface area contributed by atoms with Gasteiger partial charge in [-0.1, -0.05) is 103 Å². The van der Waals surface area contributed by atoms with Crippen LogP contribution in [0.15, 0.2) is 158 Å². The van der Waals surface area contributed by atoms with Crippen LogP contribution in [-0.2, 0) is 0 Å². The second-order valence-corrected chi connectivity index (χ2v) is 13.2. The maximum atomic E-state index is 5.30. The van der Waals surface area contributed by atoms with Crippen LogP contribution >= 0.6 is 0 Å². The maximum Gasteiger partial charge on any atom is 0.138 e. The smallest absolute Gasteiger partial charge is 0.138 e. The van der Waals surface area contributed by atoms with Crippen molar-refractivity contribution in [3.8, 4) is 11.5 Å². The second-order valence-electron chi connectivity index (χ2n) is 13.2. The van der Waals surface area contributed by atoms with Gasteiger partial charge >= 0.3 is 0 Å². The SMILES string of the molecule is c1ccc(-n2c3ccccc3c3cc(-n4c5ccccc5c5cc6c7ccccc7n7c8ccc9ccccc9c8c(c54)c67)ncc32)cc1. The van der Waals surface area contributed by atoms with Gasteiger partial charge in [0, 0.05) is 48.8 Å². The van der Waals surface area contributed by atoms with Gasteiger partial charge in [0.15, 0.2) is 0 Å². The van der Waals surface area contributed by atoms with E-state index in [2.05, 4.69) is 171 Å². The topological polar surface area (TPSA) is 27.2 Å². The van der Waals surface area contributed by atoms with Gasteiger partial charge in [-0.25, -0.2) is 4.98 Å². The van der Waals surface area contributed by atoms with Crippen molar-refractivity contribution < 1.29 is 0 Å². The molecular weight excluding hydrogens is 597 g/mol. The summed E-state index contributed by atoms with van der Waals surface area (Å²) in [6, 6.07) is 55.1. The van der Waals surface area contributed by atoms with Crippen molar-refractivity contribution in [2.45, 2.75) is 0 Å². The van der Waals surface area contributed by atoms with E-state index in [4.69, 9.17) is 4.98 Å². The molecule has 0 aliphatic carbocycles. The molecule has 4 nitrogen and oxygen atoms in total. The van der Waals surface area contributed by atoms with E-state index in [0.29, 0.717) is 0 Å². The normalized spacial score (nSPS) is 12.5. The molecule has 0 N–H and O–H groups in total. The van der Waals surface area contributed by atoms with E-state index in [9.17, 15) is 0 Å². The second kappa shape index (κ2) is 9.03. The first-order chi connectivity index (χ1) is 24.3. The van der Waals surface area contributed by atoms with Gasteiger partial charge in [0.1, 0.15) is 5.82 Å². The van der Waals surface area contributed by atoms with Crippen molar-refractivity contribution in [2.24, 2.45) is 0 Å². The van der Waals surface area contributed by atoms with E-state index in [1.807, 2.05) is 0 Å². The molecule has 226 valence electrons. The third kappa shape index (κ3) is 3.12. The van der Waals surface area contributed by atoms with Gasteiger partial charge in [0.2, 0.25) is 0 Å². The standard InChI is InChI=1S/C45H26N4/c1-2-13-28(14-3-1)47-36-19-9-6-16-30(36)33-25-41(46-26-40(33)47)49-38-21-11-8-18-32(38)35-24-34-31-17-7-10-20-37(31)48-39-23-22-27-12-4-5-15-29(27)42(39)43(44(34)48)45(35)49/h1-26H. The predicted octanol–water partition coefficient (Wildman–Crippen LogP) is 11.6. The van der Waals surface area contributed by atoms with E-state index in [1.165, 1.54) is 81.4 Å². The lowest BCUT2D eigenvalue weighted by atomic mass is 9.99. The first-order valence-corrected chi connectivity index (χ1v) is 16.8. The third-order valence-electron chi connectivity index (χ3n) is 10.8.